The molecule has 1 rings (SSSR count). The van der Waals surface area contributed by atoms with Crippen LogP contribution in [0.4, 0.5) is 0 Å². The van der Waals surface area contributed by atoms with Crippen molar-refractivity contribution in [1.82, 2.24) is 0 Å². The Balaban J connectivity index is 2.74. The average Bonchev–Trinajstić information content (AvgIpc) is 2.04. The third-order valence-electron chi connectivity index (χ3n) is 3.14. The molecule has 0 heterocycles. The summed E-state index contributed by atoms with van der Waals surface area (Å²) in [7, 11) is 0. The van der Waals surface area contributed by atoms with Crippen LogP contribution in [-0.4, -0.2) is 29.3 Å². The van der Waals surface area contributed by atoms with Gasteiger partial charge >= 0.3 is 5.97 Å². The van der Waals surface area contributed by atoms with Crippen molar-refractivity contribution in [3.63, 3.8) is 0 Å². The molecule has 2 atom stereocenters. The number of ether oxygens (including phenoxy) is 1. The highest BCUT2D eigenvalue weighted by Crippen LogP contribution is 2.48. The van der Waals surface area contributed by atoms with Crippen LogP contribution < -0.4 is 5.73 Å². The SMILES string of the molecule is CCOC(=O)[C@@]1(N)C[C@H](O)C1(C)C. The summed E-state index contributed by atoms with van der Waals surface area (Å²) in [6.45, 7) is 5.61. The molecule has 0 spiro atoms. The Morgan fingerprint density at radius 3 is 2.54 bits per heavy atom. The fourth-order valence-corrected chi connectivity index (χ4v) is 1.60. The predicted octanol–water partition coefficient (Wildman–Crippen LogP) is 0.0378. The Bertz CT molecular complexity index is 227. The molecule has 13 heavy (non-hydrogen) atoms. The molecule has 0 saturated heterocycles. The van der Waals surface area contributed by atoms with Gasteiger partial charge in [0.15, 0.2) is 0 Å². The summed E-state index contributed by atoms with van der Waals surface area (Å²) in [5.41, 5.74) is 4.27. The van der Waals surface area contributed by atoms with E-state index < -0.39 is 23.0 Å². The lowest BCUT2D eigenvalue weighted by molar-refractivity contribution is -0.180. The van der Waals surface area contributed by atoms with E-state index in [0.29, 0.717) is 13.0 Å². The van der Waals surface area contributed by atoms with Gasteiger partial charge in [-0.15, -0.1) is 0 Å². The standard InChI is InChI=1S/C9H17NO3/c1-4-13-7(12)9(10)5-6(11)8(9,2)3/h6,11H,4-5,10H2,1-3H3/t6-,9-/m0/s1. The van der Waals surface area contributed by atoms with Gasteiger partial charge in [-0.05, 0) is 6.92 Å². The first-order chi connectivity index (χ1) is 5.86. The van der Waals surface area contributed by atoms with Crippen molar-refractivity contribution >= 4 is 5.97 Å². The molecular weight excluding hydrogens is 170 g/mol. The number of carbonyl (C=O) groups excluding carboxylic acids is 1. The number of esters is 1. The van der Waals surface area contributed by atoms with Crippen LogP contribution in [0.25, 0.3) is 0 Å². The van der Waals surface area contributed by atoms with Crippen LogP contribution in [-0.2, 0) is 9.53 Å². The maximum absolute atomic E-state index is 11.4. The number of aliphatic hydroxyl groups excluding tert-OH is 1. The molecule has 1 aliphatic rings. The first kappa shape index (κ1) is 10.5. The normalized spacial score (nSPS) is 36.5. The van der Waals surface area contributed by atoms with E-state index in [1.54, 1.807) is 20.8 Å². The van der Waals surface area contributed by atoms with Gasteiger partial charge in [0, 0.05) is 11.8 Å². The van der Waals surface area contributed by atoms with Crippen LogP contribution in [0.3, 0.4) is 0 Å². The number of aliphatic hydroxyl groups is 1. The average molecular weight is 187 g/mol. The lowest BCUT2D eigenvalue weighted by Crippen LogP contribution is -2.73. The molecule has 1 fully saturated rings. The second kappa shape index (κ2) is 2.96. The zero-order chi connectivity index (χ0) is 10.3. The van der Waals surface area contributed by atoms with E-state index >= 15 is 0 Å². The van der Waals surface area contributed by atoms with Crippen molar-refractivity contribution in [1.29, 1.82) is 0 Å². The second-order valence-corrected chi connectivity index (χ2v) is 4.13. The highest BCUT2D eigenvalue weighted by atomic mass is 16.5. The minimum atomic E-state index is -1.01. The van der Waals surface area contributed by atoms with Gasteiger partial charge < -0.3 is 15.6 Å². The third kappa shape index (κ3) is 1.25. The van der Waals surface area contributed by atoms with Gasteiger partial charge in [0.25, 0.3) is 0 Å². The summed E-state index contributed by atoms with van der Waals surface area (Å²) in [6.07, 6.45) is -0.222. The van der Waals surface area contributed by atoms with E-state index in [1.165, 1.54) is 0 Å². The molecule has 0 radical (unpaired) electrons. The number of hydrogen-bond donors (Lipinski definition) is 2. The first-order valence-corrected chi connectivity index (χ1v) is 4.50. The molecule has 0 unspecified atom stereocenters. The van der Waals surface area contributed by atoms with E-state index in [0.717, 1.165) is 0 Å². The second-order valence-electron chi connectivity index (χ2n) is 4.13. The molecule has 0 bridgehead atoms. The van der Waals surface area contributed by atoms with Crippen LogP contribution in [0.15, 0.2) is 0 Å². The van der Waals surface area contributed by atoms with Crippen molar-refractivity contribution < 1.29 is 14.6 Å². The van der Waals surface area contributed by atoms with Gasteiger partial charge in [0.1, 0.15) is 5.54 Å². The topological polar surface area (TPSA) is 72.5 Å². The van der Waals surface area contributed by atoms with Crippen LogP contribution in [0.2, 0.25) is 0 Å². The number of nitrogens with two attached hydrogens (primary N) is 1. The maximum Gasteiger partial charge on any atom is 0.326 e. The molecule has 0 aromatic carbocycles. The maximum atomic E-state index is 11.4. The molecule has 76 valence electrons. The van der Waals surface area contributed by atoms with Gasteiger partial charge in [-0.2, -0.15) is 0 Å². The Kier molecular flexibility index (Phi) is 2.38. The number of hydrogen-bond acceptors (Lipinski definition) is 4. The largest absolute Gasteiger partial charge is 0.465 e. The van der Waals surface area contributed by atoms with Crippen molar-refractivity contribution in [3.05, 3.63) is 0 Å². The summed E-state index contributed by atoms with van der Waals surface area (Å²) >= 11 is 0. The predicted molar refractivity (Wildman–Crippen MR) is 48.0 cm³/mol. The minimum Gasteiger partial charge on any atom is -0.465 e. The van der Waals surface area contributed by atoms with Gasteiger partial charge in [-0.1, -0.05) is 13.8 Å². The third-order valence-corrected chi connectivity index (χ3v) is 3.14. The van der Waals surface area contributed by atoms with Gasteiger partial charge in [0.05, 0.1) is 12.7 Å². The summed E-state index contributed by atoms with van der Waals surface area (Å²) in [5.74, 6) is -0.412. The molecular formula is C9H17NO3. The zero-order valence-corrected chi connectivity index (χ0v) is 8.33. The highest BCUT2D eigenvalue weighted by Gasteiger charge is 2.62. The monoisotopic (exact) mass is 187 g/mol. The Hall–Kier alpha value is -0.610. The van der Waals surface area contributed by atoms with Gasteiger partial charge in [-0.3, -0.25) is 4.79 Å². The fourth-order valence-electron chi connectivity index (χ4n) is 1.60. The van der Waals surface area contributed by atoms with Crippen molar-refractivity contribution in [2.24, 2.45) is 11.1 Å². The van der Waals surface area contributed by atoms with Crippen molar-refractivity contribution in [2.45, 2.75) is 38.8 Å². The van der Waals surface area contributed by atoms with Crippen LogP contribution >= 0.6 is 0 Å². The molecule has 3 N–H and O–H groups in total. The Labute approximate surface area is 78.1 Å². The fraction of sp³-hybridized carbons (Fsp3) is 0.889. The molecule has 1 aliphatic carbocycles. The molecule has 0 aliphatic heterocycles. The first-order valence-electron chi connectivity index (χ1n) is 4.50. The van der Waals surface area contributed by atoms with E-state index in [1.807, 2.05) is 0 Å². The molecule has 0 aromatic heterocycles. The van der Waals surface area contributed by atoms with Crippen molar-refractivity contribution in [2.75, 3.05) is 6.61 Å². The van der Waals surface area contributed by atoms with Gasteiger partial charge in [-0.25, -0.2) is 0 Å². The summed E-state index contributed by atoms with van der Waals surface area (Å²) in [5, 5.41) is 9.44. The van der Waals surface area contributed by atoms with E-state index in [9.17, 15) is 9.90 Å². The summed E-state index contributed by atoms with van der Waals surface area (Å²) < 4.78 is 4.86. The van der Waals surface area contributed by atoms with E-state index in [-0.39, 0.29) is 0 Å². The quantitative estimate of drug-likeness (QED) is 0.598. The molecule has 1 saturated carbocycles. The Morgan fingerprint density at radius 1 is 1.69 bits per heavy atom. The Morgan fingerprint density at radius 2 is 2.23 bits per heavy atom. The summed E-state index contributed by atoms with van der Waals surface area (Å²) in [6, 6.07) is 0. The van der Waals surface area contributed by atoms with Crippen LogP contribution in [0.1, 0.15) is 27.2 Å². The minimum absolute atomic E-state index is 0.291. The van der Waals surface area contributed by atoms with Gasteiger partial charge in [0.2, 0.25) is 0 Å². The molecule has 0 amide bonds. The number of rotatable bonds is 2. The smallest absolute Gasteiger partial charge is 0.326 e. The van der Waals surface area contributed by atoms with Crippen LogP contribution in [0.5, 0.6) is 0 Å². The highest BCUT2D eigenvalue weighted by molar-refractivity contribution is 5.83. The number of carbonyl (C=O) groups is 1. The lowest BCUT2D eigenvalue weighted by Gasteiger charge is -2.55. The van der Waals surface area contributed by atoms with E-state index in [2.05, 4.69) is 0 Å². The van der Waals surface area contributed by atoms with Crippen LogP contribution in [0, 0.1) is 5.41 Å². The summed E-state index contributed by atoms with van der Waals surface area (Å²) in [4.78, 5) is 11.4. The molecule has 0 aromatic rings. The lowest BCUT2D eigenvalue weighted by atomic mass is 9.55. The molecule has 4 nitrogen and oxygen atoms in total. The molecule has 4 heteroatoms. The van der Waals surface area contributed by atoms with Crippen molar-refractivity contribution in [3.8, 4) is 0 Å². The zero-order valence-electron chi connectivity index (χ0n) is 8.33. The van der Waals surface area contributed by atoms with E-state index in [4.69, 9.17) is 10.5 Å².